The van der Waals surface area contributed by atoms with Crippen LogP contribution in [0.3, 0.4) is 0 Å². The summed E-state index contributed by atoms with van der Waals surface area (Å²) in [5.74, 6) is 1.33. The molecule has 0 spiro atoms. The highest BCUT2D eigenvalue weighted by atomic mass is 79.9. The van der Waals surface area contributed by atoms with Crippen LogP contribution in [-0.4, -0.2) is 12.1 Å². The second-order valence-electron chi connectivity index (χ2n) is 6.93. The molecule has 0 atom stereocenters. The SMILES string of the molecule is CCOc1cc(CNC(C)(C)C)cc(Br)c1OCc1c(Cl)cccc1Cl. The summed E-state index contributed by atoms with van der Waals surface area (Å²) in [6.45, 7) is 9.90. The molecule has 2 aromatic carbocycles. The van der Waals surface area contributed by atoms with Crippen LogP contribution >= 0.6 is 39.1 Å². The molecule has 3 nitrogen and oxygen atoms in total. The monoisotopic (exact) mass is 459 g/mol. The van der Waals surface area contributed by atoms with Gasteiger partial charge in [-0.1, -0.05) is 29.3 Å². The van der Waals surface area contributed by atoms with Crippen molar-refractivity contribution in [2.75, 3.05) is 6.61 Å². The van der Waals surface area contributed by atoms with E-state index in [9.17, 15) is 0 Å². The van der Waals surface area contributed by atoms with Crippen molar-refractivity contribution in [2.24, 2.45) is 0 Å². The number of ether oxygens (including phenoxy) is 2. The lowest BCUT2D eigenvalue weighted by Gasteiger charge is -2.22. The van der Waals surface area contributed by atoms with E-state index < -0.39 is 0 Å². The van der Waals surface area contributed by atoms with E-state index >= 15 is 0 Å². The summed E-state index contributed by atoms with van der Waals surface area (Å²) in [7, 11) is 0. The lowest BCUT2D eigenvalue weighted by Crippen LogP contribution is -2.35. The van der Waals surface area contributed by atoms with Gasteiger partial charge in [-0.2, -0.15) is 0 Å². The molecule has 0 unspecified atom stereocenters. The zero-order chi connectivity index (χ0) is 19.3. The van der Waals surface area contributed by atoms with Gasteiger partial charge >= 0.3 is 0 Å². The normalized spacial score (nSPS) is 11.5. The van der Waals surface area contributed by atoms with Gasteiger partial charge in [-0.25, -0.2) is 0 Å². The third-order valence-electron chi connectivity index (χ3n) is 3.61. The van der Waals surface area contributed by atoms with Crippen molar-refractivity contribution in [3.8, 4) is 11.5 Å². The minimum Gasteiger partial charge on any atom is -0.490 e. The number of rotatable bonds is 7. The molecule has 0 aliphatic rings. The van der Waals surface area contributed by atoms with Crippen LogP contribution < -0.4 is 14.8 Å². The van der Waals surface area contributed by atoms with Gasteiger partial charge in [0, 0.05) is 27.7 Å². The van der Waals surface area contributed by atoms with Gasteiger partial charge < -0.3 is 14.8 Å². The van der Waals surface area contributed by atoms with Gasteiger partial charge in [0.1, 0.15) is 6.61 Å². The first kappa shape index (κ1) is 21.4. The van der Waals surface area contributed by atoms with Crippen molar-refractivity contribution in [2.45, 2.75) is 46.4 Å². The Morgan fingerprint density at radius 1 is 1.08 bits per heavy atom. The minimum absolute atomic E-state index is 0.0359. The van der Waals surface area contributed by atoms with Gasteiger partial charge in [0.2, 0.25) is 0 Å². The smallest absolute Gasteiger partial charge is 0.175 e. The fourth-order valence-corrected chi connectivity index (χ4v) is 3.42. The van der Waals surface area contributed by atoms with Crippen molar-refractivity contribution in [1.82, 2.24) is 5.32 Å². The van der Waals surface area contributed by atoms with E-state index in [1.807, 2.05) is 25.1 Å². The van der Waals surface area contributed by atoms with Crippen LogP contribution in [-0.2, 0) is 13.2 Å². The first-order valence-electron chi connectivity index (χ1n) is 8.47. The van der Waals surface area contributed by atoms with Crippen LogP contribution in [0.2, 0.25) is 10.0 Å². The van der Waals surface area contributed by atoms with Crippen LogP contribution in [0, 0.1) is 0 Å². The second kappa shape index (κ2) is 9.32. The van der Waals surface area contributed by atoms with Crippen molar-refractivity contribution in [3.05, 3.63) is 56.0 Å². The summed E-state index contributed by atoms with van der Waals surface area (Å²) in [5.41, 5.74) is 1.90. The van der Waals surface area contributed by atoms with Crippen molar-refractivity contribution in [1.29, 1.82) is 0 Å². The Balaban J connectivity index is 2.24. The molecule has 26 heavy (non-hydrogen) atoms. The number of hydrogen-bond acceptors (Lipinski definition) is 3. The molecule has 0 aliphatic carbocycles. The van der Waals surface area contributed by atoms with Crippen molar-refractivity contribution >= 4 is 39.1 Å². The fraction of sp³-hybridized carbons (Fsp3) is 0.400. The summed E-state index contributed by atoms with van der Waals surface area (Å²) < 4.78 is 12.6. The zero-order valence-electron chi connectivity index (χ0n) is 15.5. The third kappa shape index (κ3) is 6.05. The third-order valence-corrected chi connectivity index (χ3v) is 4.91. The molecule has 0 saturated heterocycles. The first-order valence-corrected chi connectivity index (χ1v) is 10.0. The van der Waals surface area contributed by atoms with Crippen LogP contribution in [0.5, 0.6) is 11.5 Å². The molecule has 142 valence electrons. The van der Waals surface area contributed by atoms with Gasteiger partial charge in [0.25, 0.3) is 0 Å². The van der Waals surface area contributed by atoms with E-state index in [-0.39, 0.29) is 12.1 Å². The van der Waals surface area contributed by atoms with Gasteiger partial charge in [0.15, 0.2) is 11.5 Å². The number of halogens is 3. The Morgan fingerprint density at radius 2 is 1.73 bits per heavy atom. The number of nitrogens with one attached hydrogen (secondary N) is 1. The van der Waals surface area contributed by atoms with E-state index in [0.717, 1.165) is 22.1 Å². The lowest BCUT2D eigenvalue weighted by atomic mass is 10.1. The Bertz CT molecular complexity index is 740. The maximum Gasteiger partial charge on any atom is 0.175 e. The maximum absolute atomic E-state index is 6.23. The lowest BCUT2D eigenvalue weighted by molar-refractivity contribution is 0.267. The summed E-state index contributed by atoms with van der Waals surface area (Å²) in [6, 6.07) is 9.44. The molecule has 0 amide bonds. The quantitative estimate of drug-likeness (QED) is 0.503. The van der Waals surface area contributed by atoms with Gasteiger partial charge in [-0.3, -0.25) is 0 Å². The summed E-state index contributed by atoms with van der Waals surface area (Å²) in [5, 5.41) is 4.64. The molecule has 0 saturated carbocycles. The molecule has 0 bridgehead atoms. The van der Waals surface area contributed by atoms with E-state index in [1.54, 1.807) is 12.1 Å². The van der Waals surface area contributed by atoms with E-state index in [2.05, 4.69) is 42.0 Å². The molecule has 2 rings (SSSR count). The highest BCUT2D eigenvalue weighted by Crippen LogP contribution is 2.38. The number of benzene rings is 2. The topological polar surface area (TPSA) is 30.5 Å². The minimum atomic E-state index is 0.0359. The Hall–Kier alpha value is -0.940. The largest absolute Gasteiger partial charge is 0.490 e. The molecule has 0 radical (unpaired) electrons. The fourth-order valence-electron chi connectivity index (χ4n) is 2.31. The zero-order valence-corrected chi connectivity index (χ0v) is 18.6. The van der Waals surface area contributed by atoms with Crippen LogP contribution in [0.15, 0.2) is 34.8 Å². The first-order chi connectivity index (χ1) is 12.2. The molecule has 0 aliphatic heterocycles. The Kier molecular flexibility index (Phi) is 7.65. The molecule has 1 N–H and O–H groups in total. The molecule has 0 aromatic heterocycles. The Labute approximate surface area is 174 Å². The standard InChI is InChI=1S/C20H24BrCl2NO2/c1-5-25-18-10-13(11-24-20(2,3)4)9-15(21)19(18)26-12-14-16(22)7-6-8-17(14)23/h6-10,24H,5,11-12H2,1-4H3. The van der Waals surface area contributed by atoms with E-state index in [4.69, 9.17) is 32.7 Å². The maximum atomic E-state index is 6.23. The highest BCUT2D eigenvalue weighted by molar-refractivity contribution is 9.10. The van der Waals surface area contributed by atoms with Crippen molar-refractivity contribution < 1.29 is 9.47 Å². The molecule has 2 aromatic rings. The van der Waals surface area contributed by atoms with Gasteiger partial charge in [-0.05, 0) is 73.5 Å². The average molecular weight is 461 g/mol. The molecule has 6 heteroatoms. The Morgan fingerprint density at radius 3 is 2.31 bits per heavy atom. The average Bonchev–Trinajstić information content (AvgIpc) is 2.54. The van der Waals surface area contributed by atoms with Gasteiger partial charge in [0.05, 0.1) is 11.1 Å². The van der Waals surface area contributed by atoms with Crippen LogP contribution in [0.4, 0.5) is 0 Å². The van der Waals surface area contributed by atoms with E-state index in [1.165, 1.54) is 0 Å². The molecule has 0 heterocycles. The second-order valence-corrected chi connectivity index (χ2v) is 8.60. The summed E-state index contributed by atoms with van der Waals surface area (Å²) >= 11 is 16.1. The van der Waals surface area contributed by atoms with Crippen molar-refractivity contribution in [3.63, 3.8) is 0 Å². The van der Waals surface area contributed by atoms with Gasteiger partial charge in [-0.15, -0.1) is 0 Å². The molecular weight excluding hydrogens is 437 g/mol. The predicted octanol–water partition coefficient (Wildman–Crippen LogP) is 6.62. The summed E-state index contributed by atoms with van der Waals surface area (Å²) in [6.07, 6.45) is 0. The predicted molar refractivity (Wildman–Crippen MR) is 113 cm³/mol. The summed E-state index contributed by atoms with van der Waals surface area (Å²) in [4.78, 5) is 0. The number of hydrogen-bond donors (Lipinski definition) is 1. The molecular formula is C20H24BrCl2NO2. The molecule has 0 fully saturated rings. The van der Waals surface area contributed by atoms with Crippen LogP contribution in [0.1, 0.15) is 38.8 Å². The van der Waals surface area contributed by atoms with Crippen LogP contribution in [0.25, 0.3) is 0 Å². The highest BCUT2D eigenvalue weighted by Gasteiger charge is 2.16. The van der Waals surface area contributed by atoms with E-state index in [0.29, 0.717) is 28.2 Å².